The summed E-state index contributed by atoms with van der Waals surface area (Å²) in [6.07, 6.45) is 3.71. The van der Waals surface area contributed by atoms with Crippen LogP contribution in [0.1, 0.15) is 39.0 Å². The summed E-state index contributed by atoms with van der Waals surface area (Å²) in [6, 6.07) is 0. The summed E-state index contributed by atoms with van der Waals surface area (Å²) in [7, 11) is 0. The molecule has 0 atom stereocenters. The van der Waals surface area contributed by atoms with Gasteiger partial charge in [0.1, 0.15) is 0 Å². The molecule has 1 aliphatic rings. The Balaban J connectivity index is 2.44. The minimum Gasteiger partial charge on any atom is -0.390 e. The molecule has 3 nitrogen and oxygen atoms in total. The monoisotopic (exact) mass is 171 g/mol. The summed E-state index contributed by atoms with van der Waals surface area (Å²) in [5.74, 6) is -0.218. The zero-order chi connectivity index (χ0) is 9.19. The van der Waals surface area contributed by atoms with Gasteiger partial charge in [-0.05, 0) is 32.1 Å². The number of carbonyl (C=O) groups is 1. The fraction of sp³-hybridized carbons (Fsp3) is 0.889. The SMILES string of the molecule is CCC1(O)CCC(C(N)=O)CC1. The van der Waals surface area contributed by atoms with Crippen molar-refractivity contribution < 1.29 is 9.90 Å². The van der Waals surface area contributed by atoms with Crippen molar-refractivity contribution in [3.8, 4) is 0 Å². The first-order chi connectivity index (χ1) is 5.57. The van der Waals surface area contributed by atoms with Gasteiger partial charge in [-0.2, -0.15) is 0 Å². The van der Waals surface area contributed by atoms with Crippen LogP contribution in [0, 0.1) is 5.92 Å². The van der Waals surface area contributed by atoms with Gasteiger partial charge in [0.15, 0.2) is 0 Å². The van der Waals surface area contributed by atoms with Crippen molar-refractivity contribution in [2.45, 2.75) is 44.6 Å². The normalized spacial score (nSPS) is 36.3. The van der Waals surface area contributed by atoms with Gasteiger partial charge in [-0.1, -0.05) is 6.92 Å². The van der Waals surface area contributed by atoms with Crippen molar-refractivity contribution in [3.63, 3.8) is 0 Å². The Bertz CT molecular complexity index is 171. The van der Waals surface area contributed by atoms with E-state index in [4.69, 9.17) is 5.73 Å². The zero-order valence-electron chi connectivity index (χ0n) is 7.55. The highest BCUT2D eigenvalue weighted by molar-refractivity contribution is 5.76. The molecule has 0 aromatic carbocycles. The van der Waals surface area contributed by atoms with E-state index in [1.54, 1.807) is 0 Å². The van der Waals surface area contributed by atoms with Gasteiger partial charge in [0.2, 0.25) is 5.91 Å². The zero-order valence-corrected chi connectivity index (χ0v) is 7.55. The first kappa shape index (κ1) is 9.52. The largest absolute Gasteiger partial charge is 0.390 e. The molecule has 0 saturated heterocycles. The van der Waals surface area contributed by atoms with Gasteiger partial charge in [-0.25, -0.2) is 0 Å². The molecule has 0 spiro atoms. The quantitative estimate of drug-likeness (QED) is 0.645. The predicted octanol–water partition coefficient (Wildman–Crippen LogP) is 0.803. The van der Waals surface area contributed by atoms with Crippen LogP contribution < -0.4 is 5.73 Å². The third kappa shape index (κ3) is 1.97. The first-order valence-electron chi connectivity index (χ1n) is 4.59. The Morgan fingerprint density at radius 1 is 1.58 bits per heavy atom. The molecule has 3 N–H and O–H groups in total. The number of amides is 1. The van der Waals surface area contributed by atoms with E-state index in [0.717, 1.165) is 32.1 Å². The fourth-order valence-electron chi connectivity index (χ4n) is 1.79. The lowest BCUT2D eigenvalue weighted by Crippen LogP contribution is -2.37. The smallest absolute Gasteiger partial charge is 0.220 e. The molecule has 12 heavy (non-hydrogen) atoms. The maximum absolute atomic E-state index is 10.8. The van der Waals surface area contributed by atoms with E-state index in [9.17, 15) is 9.90 Å². The second-order valence-corrected chi connectivity index (χ2v) is 3.75. The predicted molar refractivity (Wildman–Crippen MR) is 46.4 cm³/mol. The van der Waals surface area contributed by atoms with E-state index < -0.39 is 5.60 Å². The molecule has 0 aliphatic heterocycles. The summed E-state index contributed by atoms with van der Waals surface area (Å²) >= 11 is 0. The van der Waals surface area contributed by atoms with Crippen LogP contribution >= 0.6 is 0 Å². The molecule has 3 heteroatoms. The maximum atomic E-state index is 10.8. The molecule has 1 rings (SSSR count). The van der Waals surface area contributed by atoms with E-state index in [1.807, 2.05) is 6.92 Å². The Morgan fingerprint density at radius 2 is 2.08 bits per heavy atom. The molecule has 0 aromatic heterocycles. The first-order valence-corrected chi connectivity index (χ1v) is 4.59. The second-order valence-electron chi connectivity index (χ2n) is 3.75. The summed E-state index contributed by atoms with van der Waals surface area (Å²) < 4.78 is 0. The van der Waals surface area contributed by atoms with E-state index in [2.05, 4.69) is 0 Å². The molecule has 0 radical (unpaired) electrons. The van der Waals surface area contributed by atoms with Crippen LogP contribution in [0.4, 0.5) is 0 Å². The third-order valence-corrected chi connectivity index (χ3v) is 2.98. The number of nitrogens with two attached hydrogens (primary N) is 1. The molecule has 0 bridgehead atoms. The van der Waals surface area contributed by atoms with Gasteiger partial charge in [0.25, 0.3) is 0 Å². The summed E-state index contributed by atoms with van der Waals surface area (Å²) in [6.45, 7) is 1.98. The Labute approximate surface area is 72.9 Å². The lowest BCUT2D eigenvalue weighted by atomic mass is 9.77. The van der Waals surface area contributed by atoms with Gasteiger partial charge in [0.05, 0.1) is 5.60 Å². The van der Waals surface area contributed by atoms with Gasteiger partial charge in [-0.3, -0.25) is 4.79 Å². The number of hydrogen-bond acceptors (Lipinski definition) is 2. The van der Waals surface area contributed by atoms with Crippen molar-refractivity contribution in [3.05, 3.63) is 0 Å². The van der Waals surface area contributed by atoms with Gasteiger partial charge < -0.3 is 10.8 Å². The summed E-state index contributed by atoms with van der Waals surface area (Å²) in [5, 5.41) is 9.83. The molecular weight excluding hydrogens is 154 g/mol. The van der Waals surface area contributed by atoms with Crippen LogP contribution in [0.15, 0.2) is 0 Å². The van der Waals surface area contributed by atoms with Crippen LogP contribution in [0.5, 0.6) is 0 Å². The third-order valence-electron chi connectivity index (χ3n) is 2.98. The Kier molecular flexibility index (Phi) is 2.73. The number of rotatable bonds is 2. The Morgan fingerprint density at radius 3 is 2.42 bits per heavy atom. The van der Waals surface area contributed by atoms with Gasteiger partial charge in [0, 0.05) is 5.92 Å². The van der Waals surface area contributed by atoms with E-state index >= 15 is 0 Å². The van der Waals surface area contributed by atoms with E-state index in [-0.39, 0.29) is 11.8 Å². The number of primary amides is 1. The number of hydrogen-bond donors (Lipinski definition) is 2. The number of carbonyl (C=O) groups excluding carboxylic acids is 1. The molecular formula is C9H17NO2. The molecule has 1 saturated carbocycles. The van der Waals surface area contributed by atoms with Crippen LogP contribution in [-0.2, 0) is 4.79 Å². The molecule has 1 aliphatic carbocycles. The summed E-state index contributed by atoms with van der Waals surface area (Å²) in [4.78, 5) is 10.8. The topological polar surface area (TPSA) is 63.3 Å². The van der Waals surface area contributed by atoms with Crippen molar-refractivity contribution >= 4 is 5.91 Å². The average Bonchev–Trinajstić information content (AvgIpc) is 2.05. The molecule has 70 valence electrons. The van der Waals surface area contributed by atoms with Crippen LogP contribution in [0.2, 0.25) is 0 Å². The van der Waals surface area contributed by atoms with Crippen LogP contribution in [0.25, 0.3) is 0 Å². The molecule has 0 aromatic rings. The minimum absolute atomic E-state index is 0.00294. The Hall–Kier alpha value is -0.570. The van der Waals surface area contributed by atoms with Crippen LogP contribution in [-0.4, -0.2) is 16.6 Å². The summed E-state index contributed by atoms with van der Waals surface area (Å²) in [5.41, 5.74) is 4.65. The maximum Gasteiger partial charge on any atom is 0.220 e. The fourth-order valence-corrected chi connectivity index (χ4v) is 1.79. The van der Waals surface area contributed by atoms with Crippen LogP contribution in [0.3, 0.4) is 0 Å². The van der Waals surface area contributed by atoms with Crippen molar-refractivity contribution in [2.24, 2.45) is 11.7 Å². The second kappa shape index (κ2) is 3.44. The van der Waals surface area contributed by atoms with Crippen molar-refractivity contribution in [1.29, 1.82) is 0 Å². The highest BCUT2D eigenvalue weighted by Gasteiger charge is 2.33. The molecule has 0 unspecified atom stereocenters. The van der Waals surface area contributed by atoms with Crippen molar-refractivity contribution in [2.75, 3.05) is 0 Å². The van der Waals surface area contributed by atoms with Gasteiger partial charge in [-0.15, -0.1) is 0 Å². The average molecular weight is 171 g/mol. The highest BCUT2D eigenvalue weighted by atomic mass is 16.3. The number of aliphatic hydroxyl groups is 1. The van der Waals surface area contributed by atoms with Gasteiger partial charge >= 0.3 is 0 Å². The highest BCUT2D eigenvalue weighted by Crippen LogP contribution is 2.33. The molecule has 0 heterocycles. The molecule has 1 amide bonds. The standard InChI is InChI=1S/C9H17NO2/c1-2-9(12)5-3-7(4-6-9)8(10)11/h7,12H,2-6H2,1H3,(H2,10,11). The van der Waals surface area contributed by atoms with E-state index in [1.165, 1.54) is 0 Å². The lowest BCUT2D eigenvalue weighted by Gasteiger charge is -2.33. The molecule has 1 fully saturated rings. The van der Waals surface area contributed by atoms with Crippen molar-refractivity contribution in [1.82, 2.24) is 0 Å². The minimum atomic E-state index is -0.522. The van der Waals surface area contributed by atoms with E-state index in [0.29, 0.717) is 0 Å². The lowest BCUT2D eigenvalue weighted by molar-refractivity contribution is -0.124.